The number of rotatable bonds is 8. The Morgan fingerprint density at radius 1 is 1.03 bits per heavy atom. The number of benzene rings is 2. The summed E-state index contributed by atoms with van der Waals surface area (Å²) in [5.41, 5.74) is 4.21. The first-order valence-corrected chi connectivity index (χ1v) is 12.6. The van der Waals surface area contributed by atoms with E-state index in [1.807, 2.05) is 20.8 Å². The van der Waals surface area contributed by atoms with Gasteiger partial charge in [-0.15, -0.1) is 0 Å². The zero-order chi connectivity index (χ0) is 22.6. The van der Waals surface area contributed by atoms with E-state index in [4.69, 9.17) is 4.74 Å². The fourth-order valence-corrected chi connectivity index (χ4v) is 4.74. The zero-order valence-electron chi connectivity index (χ0n) is 18.7. The van der Waals surface area contributed by atoms with Gasteiger partial charge in [0.05, 0.1) is 24.1 Å². The van der Waals surface area contributed by atoms with Crippen molar-refractivity contribution in [3.05, 3.63) is 59.2 Å². The van der Waals surface area contributed by atoms with E-state index >= 15 is 0 Å². The van der Waals surface area contributed by atoms with E-state index in [1.165, 1.54) is 24.0 Å². The van der Waals surface area contributed by atoms with Crippen molar-refractivity contribution in [1.82, 2.24) is 5.32 Å². The molecule has 0 heterocycles. The van der Waals surface area contributed by atoms with Gasteiger partial charge in [0.15, 0.2) is 0 Å². The van der Waals surface area contributed by atoms with Gasteiger partial charge < -0.3 is 10.1 Å². The lowest BCUT2D eigenvalue weighted by Gasteiger charge is -2.24. The number of anilines is 1. The van der Waals surface area contributed by atoms with Crippen molar-refractivity contribution in [1.29, 1.82) is 0 Å². The van der Waals surface area contributed by atoms with Gasteiger partial charge in [-0.05, 0) is 87.4 Å². The number of hydrogen-bond acceptors (Lipinski definition) is 4. The van der Waals surface area contributed by atoms with Gasteiger partial charge in [0.25, 0.3) is 0 Å². The smallest absolute Gasteiger partial charge is 0.241 e. The van der Waals surface area contributed by atoms with Gasteiger partial charge in [-0.1, -0.05) is 18.2 Å². The molecule has 0 radical (unpaired) electrons. The van der Waals surface area contributed by atoms with Gasteiger partial charge >= 0.3 is 0 Å². The molecule has 0 fully saturated rings. The Balaban J connectivity index is 1.69. The van der Waals surface area contributed by atoms with Crippen LogP contribution in [-0.2, 0) is 27.7 Å². The summed E-state index contributed by atoms with van der Waals surface area (Å²) in [6.45, 7) is 5.49. The number of ether oxygens (including phenoxy) is 1. The number of hydrogen-bond donors (Lipinski definition) is 1. The maximum atomic E-state index is 12.7. The Hall–Kier alpha value is -2.54. The van der Waals surface area contributed by atoms with E-state index in [9.17, 15) is 13.2 Å². The van der Waals surface area contributed by atoms with Gasteiger partial charge in [-0.2, -0.15) is 0 Å². The number of amides is 1. The van der Waals surface area contributed by atoms with Crippen molar-refractivity contribution in [2.24, 2.45) is 0 Å². The van der Waals surface area contributed by atoms with Crippen LogP contribution in [0.3, 0.4) is 0 Å². The van der Waals surface area contributed by atoms with Crippen molar-refractivity contribution >= 4 is 21.6 Å². The first kappa shape index (κ1) is 23.1. The average molecular weight is 445 g/mol. The molecule has 31 heavy (non-hydrogen) atoms. The summed E-state index contributed by atoms with van der Waals surface area (Å²) < 4.78 is 31.4. The molecule has 1 atom stereocenters. The highest BCUT2D eigenvalue weighted by atomic mass is 32.2. The summed E-state index contributed by atoms with van der Waals surface area (Å²) in [5.74, 6) is 0.302. The number of nitrogens with one attached hydrogen (secondary N) is 1. The maximum Gasteiger partial charge on any atom is 0.241 e. The molecule has 1 N–H and O–H groups in total. The van der Waals surface area contributed by atoms with Crippen LogP contribution in [0.1, 0.15) is 56.3 Å². The number of carbonyl (C=O) groups excluding carboxylic acids is 1. The van der Waals surface area contributed by atoms with Crippen LogP contribution < -0.4 is 14.4 Å². The summed E-state index contributed by atoms with van der Waals surface area (Å²) in [5, 5.41) is 2.94. The molecule has 3 rings (SSSR count). The molecule has 0 spiro atoms. The van der Waals surface area contributed by atoms with Crippen LogP contribution in [0.5, 0.6) is 5.75 Å². The van der Waals surface area contributed by atoms with E-state index in [2.05, 4.69) is 23.5 Å². The van der Waals surface area contributed by atoms with Gasteiger partial charge in [-0.3, -0.25) is 9.10 Å². The predicted octanol–water partition coefficient (Wildman–Crippen LogP) is 4.00. The first-order chi connectivity index (χ1) is 14.6. The number of nitrogens with zero attached hydrogens (tertiary/aromatic N) is 1. The van der Waals surface area contributed by atoms with Crippen LogP contribution in [0.2, 0.25) is 0 Å². The molecule has 0 aliphatic heterocycles. The van der Waals surface area contributed by atoms with Gasteiger partial charge in [-0.25, -0.2) is 8.42 Å². The van der Waals surface area contributed by atoms with Gasteiger partial charge in [0.2, 0.25) is 15.9 Å². The van der Waals surface area contributed by atoms with Crippen LogP contribution in [0.15, 0.2) is 42.5 Å². The van der Waals surface area contributed by atoms with E-state index in [0.717, 1.165) is 29.0 Å². The van der Waals surface area contributed by atoms with E-state index in [0.29, 0.717) is 11.4 Å². The molecule has 168 valence electrons. The normalized spacial score (nSPS) is 14.6. The van der Waals surface area contributed by atoms with Crippen LogP contribution >= 0.6 is 0 Å². The Bertz CT molecular complexity index is 1020. The van der Waals surface area contributed by atoms with Gasteiger partial charge in [0, 0.05) is 0 Å². The molecule has 6 nitrogen and oxygen atoms in total. The number of carbonyl (C=O) groups is 1. The van der Waals surface area contributed by atoms with Crippen LogP contribution in [0, 0.1) is 0 Å². The Morgan fingerprint density at radius 2 is 1.68 bits per heavy atom. The standard InChI is InChI=1S/C24H32N2O4S/c1-17(2)30-23-13-11-22(12-14-23)26(31(4,28)29)16-24(27)25-18(3)20-10-9-19-7-5-6-8-21(19)15-20/h9-15,17-18H,5-8,16H2,1-4H3,(H,25,27)/t18-/m0/s1. The summed E-state index contributed by atoms with van der Waals surface area (Å²) >= 11 is 0. The number of fused-ring (bicyclic) bond motifs is 1. The fourth-order valence-electron chi connectivity index (χ4n) is 3.89. The summed E-state index contributed by atoms with van der Waals surface area (Å²) in [6, 6.07) is 12.9. The Morgan fingerprint density at radius 3 is 2.29 bits per heavy atom. The maximum absolute atomic E-state index is 12.7. The van der Waals surface area contributed by atoms with E-state index < -0.39 is 10.0 Å². The molecule has 0 unspecified atom stereocenters. The number of sulfonamides is 1. The average Bonchev–Trinajstić information content (AvgIpc) is 2.71. The molecule has 2 aromatic rings. The SMILES string of the molecule is CC(C)Oc1ccc(N(CC(=O)N[C@@H](C)c2ccc3c(c2)CCCC3)S(C)(=O)=O)cc1. The second-order valence-corrected chi connectivity index (χ2v) is 10.4. The minimum Gasteiger partial charge on any atom is -0.491 e. The lowest BCUT2D eigenvalue weighted by Crippen LogP contribution is -2.41. The molecule has 1 aliphatic rings. The highest BCUT2D eigenvalue weighted by Crippen LogP contribution is 2.25. The summed E-state index contributed by atoms with van der Waals surface area (Å²) in [6.07, 6.45) is 5.73. The first-order valence-electron chi connectivity index (χ1n) is 10.8. The molecule has 1 amide bonds. The minimum absolute atomic E-state index is 0.0210. The van der Waals surface area contributed by atoms with Crippen molar-refractivity contribution < 1.29 is 17.9 Å². The van der Waals surface area contributed by atoms with Crippen molar-refractivity contribution in [2.75, 3.05) is 17.1 Å². The molecule has 0 bridgehead atoms. The summed E-state index contributed by atoms with van der Waals surface area (Å²) in [4.78, 5) is 12.7. The molecule has 1 aliphatic carbocycles. The quantitative estimate of drug-likeness (QED) is 0.668. The molecule has 0 aromatic heterocycles. The largest absolute Gasteiger partial charge is 0.491 e. The monoisotopic (exact) mass is 444 g/mol. The van der Waals surface area contributed by atoms with Gasteiger partial charge in [0.1, 0.15) is 12.3 Å². The third kappa shape index (κ3) is 6.23. The van der Waals surface area contributed by atoms with Crippen molar-refractivity contribution in [3.63, 3.8) is 0 Å². The lowest BCUT2D eigenvalue weighted by molar-refractivity contribution is -0.120. The second kappa shape index (κ2) is 9.73. The summed E-state index contributed by atoms with van der Waals surface area (Å²) in [7, 11) is -3.63. The Labute approximate surface area is 185 Å². The Kier molecular flexibility index (Phi) is 7.26. The van der Waals surface area contributed by atoms with Crippen molar-refractivity contribution in [3.8, 4) is 5.75 Å². The molecule has 0 saturated carbocycles. The molecule has 2 aromatic carbocycles. The van der Waals surface area contributed by atoms with Crippen LogP contribution in [0.4, 0.5) is 5.69 Å². The third-order valence-electron chi connectivity index (χ3n) is 5.43. The topological polar surface area (TPSA) is 75.7 Å². The molecular weight excluding hydrogens is 412 g/mol. The van der Waals surface area contributed by atoms with E-state index in [1.54, 1.807) is 24.3 Å². The zero-order valence-corrected chi connectivity index (χ0v) is 19.5. The highest BCUT2D eigenvalue weighted by molar-refractivity contribution is 7.92. The van der Waals surface area contributed by atoms with E-state index in [-0.39, 0.29) is 24.6 Å². The fraction of sp³-hybridized carbons (Fsp3) is 0.458. The molecule has 0 saturated heterocycles. The highest BCUT2D eigenvalue weighted by Gasteiger charge is 2.22. The second-order valence-electron chi connectivity index (χ2n) is 8.45. The van der Waals surface area contributed by atoms with Crippen LogP contribution in [-0.4, -0.2) is 33.2 Å². The molecular formula is C24H32N2O4S. The molecule has 7 heteroatoms. The number of aryl methyl sites for hydroxylation is 2. The third-order valence-corrected chi connectivity index (χ3v) is 6.57. The van der Waals surface area contributed by atoms with Crippen molar-refractivity contribution in [2.45, 2.75) is 58.6 Å². The minimum atomic E-state index is -3.63. The van der Waals surface area contributed by atoms with Crippen LogP contribution in [0.25, 0.3) is 0 Å². The lowest BCUT2D eigenvalue weighted by atomic mass is 9.89. The predicted molar refractivity (Wildman–Crippen MR) is 124 cm³/mol.